The normalized spacial score (nSPS) is 13.4. The molecule has 0 atom stereocenters. The zero-order chi connectivity index (χ0) is 12.7. The van der Waals surface area contributed by atoms with Crippen molar-refractivity contribution in [3.05, 3.63) is 60.5 Å². The van der Waals surface area contributed by atoms with Crippen LogP contribution >= 0.6 is 0 Å². The quantitative estimate of drug-likeness (QED) is 0.772. The van der Waals surface area contributed by atoms with Crippen LogP contribution in [-0.4, -0.2) is 0 Å². The maximum Gasteiger partial charge on any atom is 0.198 e. The summed E-state index contributed by atoms with van der Waals surface area (Å²) in [6.45, 7) is 5.98. The van der Waals surface area contributed by atoms with Crippen LogP contribution in [-0.2, 0) is 0 Å². The maximum atomic E-state index is 6.05. The van der Waals surface area contributed by atoms with E-state index in [2.05, 4.69) is 6.58 Å². The van der Waals surface area contributed by atoms with E-state index in [1.54, 1.807) is 0 Å². The van der Waals surface area contributed by atoms with Crippen LogP contribution in [0.3, 0.4) is 0 Å². The number of nitrogen functional groups attached to an aromatic ring is 1. The summed E-state index contributed by atoms with van der Waals surface area (Å²) in [6.07, 6.45) is 0. The van der Waals surface area contributed by atoms with E-state index in [0.717, 1.165) is 22.7 Å². The molecule has 3 rings (SSSR count). The third-order valence-corrected chi connectivity index (χ3v) is 3.01. The molecule has 2 aromatic rings. The summed E-state index contributed by atoms with van der Waals surface area (Å²) < 4.78 is 5.64. The van der Waals surface area contributed by atoms with Crippen molar-refractivity contribution in [3.63, 3.8) is 0 Å². The molecule has 3 nitrogen and oxygen atoms in total. The van der Waals surface area contributed by atoms with E-state index in [1.165, 1.54) is 0 Å². The Balaban J connectivity index is 2.17. The van der Waals surface area contributed by atoms with Crippen molar-refractivity contribution in [1.29, 1.82) is 0 Å². The van der Waals surface area contributed by atoms with Gasteiger partial charge in [-0.15, -0.1) is 0 Å². The first-order valence-electron chi connectivity index (χ1n) is 5.79. The summed E-state index contributed by atoms with van der Waals surface area (Å²) >= 11 is 0. The first kappa shape index (κ1) is 10.7. The molecule has 1 aliphatic rings. The van der Waals surface area contributed by atoms with Crippen molar-refractivity contribution < 1.29 is 4.74 Å². The predicted octanol–water partition coefficient (Wildman–Crippen LogP) is 3.58. The van der Waals surface area contributed by atoms with Crippen molar-refractivity contribution in [2.75, 3.05) is 10.6 Å². The number of nitrogens with two attached hydrogens (primary N) is 1. The molecule has 0 aliphatic carbocycles. The molecule has 90 valence electrons. The Morgan fingerprint density at radius 2 is 1.89 bits per heavy atom. The smallest absolute Gasteiger partial charge is 0.198 e. The molecule has 0 unspecified atom stereocenters. The summed E-state index contributed by atoms with van der Waals surface area (Å²) in [7, 11) is 0. The summed E-state index contributed by atoms with van der Waals surface area (Å²) in [5, 5.41) is 0. The molecule has 3 heteroatoms. The van der Waals surface area contributed by atoms with Gasteiger partial charge in [-0.1, -0.05) is 18.2 Å². The monoisotopic (exact) mass is 238 g/mol. The van der Waals surface area contributed by atoms with Crippen LogP contribution in [0.1, 0.15) is 5.56 Å². The predicted molar refractivity (Wildman–Crippen MR) is 73.9 cm³/mol. The largest absolute Gasteiger partial charge is 0.439 e. The second-order valence-electron chi connectivity index (χ2n) is 4.36. The van der Waals surface area contributed by atoms with Gasteiger partial charge < -0.3 is 10.5 Å². The van der Waals surface area contributed by atoms with Crippen molar-refractivity contribution in [3.8, 4) is 5.75 Å². The standard InChI is InChI=1S/C15H14N2O/c1-10-7-8-12(16)14(9-10)17-11(2)18-15-6-4-3-5-13(15)17/h3-9H,2,16H2,1H3. The Labute approximate surface area is 106 Å². The molecule has 2 aromatic carbocycles. The number of hydrogen-bond donors (Lipinski definition) is 1. The second-order valence-corrected chi connectivity index (χ2v) is 4.36. The van der Waals surface area contributed by atoms with Gasteiger partial charge in [0, 0.05) is 0 Å². The zero-order valence-electron chi connectivity index (χ0n) is 10.2. The molecule has 2 N–H and O–H groups in total. The Morgan fingerprint density at radius 1 is 1.11 bits per heavy atom. The molecule has 0 radical (unpaired) electrons. The number of hydrogen-bond acceptors (Lipinski definition) is 3. The molecule has 0 amide bonds. The Hall–Kier alpha value is -2.42. The van der Waals surface area contributed by atoms with E-state index < -0.39 is 0 Å². The van der Waals surface area contributed by atoms with Crippen LogP contribution < -0.4 is 15.4 Å². The number of anilines is 3. The van der Waals surface area contributed by atoms with Gasteiger partial charge in [0.1, 0.15) is 0 Å². The lowest BCUT2D eigenvalue weighted by Crippen LogP contribution is -2.14. The molecule has 0 saturated carbocycles. The molecule has 0 aromatic heterocycles. The number of nitrogens with zero attached hydrogens (tertiary/aromatic N) is 1. The van der Waals surface area contributed by atoms with E-state index in [9.17, 15) is 0 Å². The van der Waals surface area contributed by atoms with E-state index in [0.29, 0.717) is 11.6 Å². The highest BCUT2D eigenvalue weighted by molar-refractivity contribution is 5.83. The van der Waals surface area contributed by atoms with Gasteiger partial charge in [0.25, 0.3) is 0 Å². The summed E-state index contributed by atoms with van der Waals surface area (Å²) in [5.74, 6) is 1.39. The van der Waals surface area contributed by atoms with Crippen molar-refractivity contribution >= 4 is 17.1 Å². The molecule has 0 fully saturated rings. The minimum Gasteiger partial charge on any atom is -0.439 e. The van der Waals surface area contributed by atoms with Crippen molar-refractivity contribution in [2.45, 2.75) is 6.92 Å². The van der Waals surface area contributed by atoms with Gasteiger partial charge in [-0.2, -0.15) is 0 Å². The number of para-hydroxylation sites is 2. The minimum atomic E-state index is 0.577. The second kappa shape index (κ2) is 3.81. The molecule has 1 heterocycles. The lowest BCUT2D eigenvalue weighted by molar-refractivity contribution is 0.450. The maximum absolute atomic E-state index is 6.05. The van der Waals surface area contributed by atoms with Crippen LogP contribution in [0.4, 0.5) is 17.1 Å². The first-order chi connectivity index (χ1) is 8.66. The fourth-order valence-electron chi connectivity index (χ4n) is 2.15. The minimum absolute atomic E-state index is 0.577. The van der Waals surface area contributed by atoms with Gasteiger partial charge in [-0.25, -0.2) is 0 Å². The summed E-state index contributed by atoms with van der Waals surface area (Å²) in [6, 6.07) is 13.8. The Morgan fingerprint density at radius 3 is 2.72 bits per heavy atom. The topological polar surface area (TPSA) is 38.5 Å². The van der Waals surface area contributed by atoms with Gasteiger partial charge in [0.05, 0.1) is 17.1 Å². The van der Waals surface area contributed by atoms with E-state index in [-0.39, 0.29) is 0 Å². The number of benzene rings is 2. The van der Waals surface area contributed by atoms with Gasteiger partial charge in [0.2, 0.25) is 0 Å². The molecular formula is C15H14N2O. The van der Waals surface area contributed by atoms with Gasteiger partial charge in [-0.3, -0.25) is 4.90 Å². The fourth-order valence-corrected chi connectivity index (χ4v) is 2.15. The van der Waals surface area contributed by atoms with Crippen LogP contribution in [0.5, 0.6) is 5.75 Å². The highest BCUT2D eigenvalue weighted by Crippen LogP contribution is 2.44. The van der Waals surface area contributed by atoms with E-state index >= 15 is 0 Å². The third kappa shape index (κ3) is 1.52. The van der Waals surface area contributed by atoms with Gasteiger partial charge in [-0.05, 0) is 43.3 Å². The number of ether oxygens (including phenoxy) is 1. The van der Waals surface area contributed by atoms with Crippen LogP contribution in [0.2, 0.25) is 0 Å². The van der Waals surface area contributed by atoms with Crippen molar-refractivity contribution in [2.24, 2.45) is 0 Å². The number of rotatable bonds is 1. The zero-order valence-corrected chi connectivity index (χ0v) is 10.2. The average Bonchev–Trinajstić information content (AvgIpc) is 2.68. The lowest BCUT2D eigenvalue weighted by atomic mass is 10.1. The molecule has 0 bridgehead atoms. The summed E-state index contributed by atoms with van der Waals surface area (Å²) in [5.41, 5.74) is 9.79. The highest BCUT2D eigenvalue weighted by Gasteiger charge is 2.26. The molecule has 1 aliphatic heterocycles. The first-order valence-corrected chi connectivity index (χ1v) is 5.79. The van der Waals surface area contributed by atoms with E-state index in [4.69, 9.17) is 10.5 Å². The number of aryl methyl sites for hydroxylation is 1. The van der Waals surface area contributed by atoms with Crippen LogP contribution in [0.25, 0.3) is 0 Å². The molecule has 0 spiro atoms. The number of fused-ring (bicyclic) bond motifs is 1. The lowest BCUT2D eigenvalue weighted by Gasteiger charge is -2.20. The average molecular weight is 238 g/mol. The summed E-state index contributed by atoms with van der Waals surface area (Å²) in [4.78, 5) is 1.94. The molecule has 18 heavy (non-hydrogen) atoms. The molecule has 0 saturated heterocycles. The van der Waals surface area contributed by atoms with Crippen LogP contribution in [0, 0.1) is 6.92 Å². The SMILES string of the molecule is C=C1Oc2ccccc2N1c1cc(C)ccc1N. The third-order valence-electron chi connectivity index (χ3n) is 3.01. The van der Waals surface area contributed by atoms with Crippen molar-refractivity contribution in [1.82, 2.24) is 0 Å². The van der Waals surface area contributed by atoms with E-state index in [1.807, 2.05) is 54.3 Å². The highest BCUT2D eigenvalue weighted by atomic mass is 16.5. The fraction of sp³-hybridized carbons (Fsp3) is 0.0667. The van der Waals surface area contributed by atoms with Crippen LogP contribution in [0.15, 0.2) is 54.9 Å². The van der Waals surface area contributed by atoms with Gasteiger partial charge in [0.15, 0.2) is 11.6 Å². The molecular weight excluding hydrogens is 224 g/mol. The Kier molecular flexibility index (Phi) is 2.27. The van der Waals surface area contributed by atoms with Gasteiger partial charge >= 0.3 is 0 Å². The Bertz CT molecular complexity index is 634.